The van der Waals surface area contributed by atoms with Crippen LogP contribution in [0, 0.1) is 0 Å². The Hall–Kier alpha value is -1.39. The molecule has 13 heavy (non-hydrogen) atoms. The molecule has 1 amide bonds. The van der Waals surface area contributed by atoms with Gasteiger partial charge in [-0.15, -0.1) is 0 Å². The van der Waals surface area contributed by atoms with Gasteiger partial charge in [-0.05, 0) is 20.8 Å². The molecule has 0 aromatic heterocycles. The second-order valence-corrected chi connectivity index (χ2v) is 2.53. The first-order valence-corrected chi connectivity index (χ1v) is 3.97. The van der Waals surface area contributed by atoms with Crippen molar-refractivity contribution < 1.29 is 19.1 Å². The minimum atomic E-state index is -0.962. The molecule has 1 atom stereocenters. The van der Waals surface area contributed by atoms with Crippen LogP contribution in [0.2, 0.25) is 0 Å². The van der Waals surface area contributed by atoms with Gasteiger partial charge in [-0.25, -0.2) is 4.79 Å². The van der Waals surface area contributed by atoms with Gasteiger partial charge in [-0.1, -0.05) is 0 Å². The van der Waals surface area contributed by atoms with E-state index in [0.717, 1.165) is 0 Å². The molecule has 1 unspecified atom stereocenters. The molecule has 0 aromatic rings. The van der Waals surface area contributed by atoms with E-state index in [4.69, 9.17) is 0 Å². The zero-order valence-electron chi connectivity index (χ0n) is 7.92. The van der Waals surface area contributed by atoms with Crippen molar-refractivity contribution >= 4 is 17.7 Å². The Labute approximate surface area is 76.4 Å². The first-order chi connectivity index (χ1) is 5.99. The fraction of sp³-hybridized carbons (Fsp3) is 0.625. The quantitative estimate of drug-likeness (QED) is 0.484. The van der Waals surface area contributed by atoms with Crippen molar-refractivity contribution in [2.24, 2.45) is 0 Å². The number of amides is 1. The number of hydrogen-bond acceptors (Lipinski definition) is 4. The van der Waals surface area contributed by atoms with Crippen LogP contribution >= 0.6 is 0 Å². The van der Waals surface area contributed by atoms with Gasteiger partial charge in [0.05, 0.1) is 12.6 Å². The number of ketones is 1. The first-order valence-electron chi connectivity index (χ1n) is 3.97. The maximum Gasteiger partial charge on any atom is 0.396 e. The molecule has 5 nitrogen and oxygen atoms in total. The number of esters is 1. The van der Waals surface area contributed by atoms with Gasteiger partial charge in [-0.2, -0.15) is 0 Å². The summed E-state index contributed by atoms with van der Waals surface area (Å²) < 4.78 is 4.42. The molecule has 0 aliphatic carbocycles. The summed E-state index contributed by atoms with van der Waals surface area (Å²) in [5.41, 5.74) is 0. The smallest absolute Gasteiger partial charge is 0.396 e. The minimum absolute atomic E-state index is 0.140. The standard InChI is InChI=1S/C8H13NO4/c1-4-13-8(12)7(11)9-5(2)6(3)10/h5H,4H2,1-3H3,(H,9,11). The predicted octanol–water partition coefficient (Wildman–Crippen LogP) is -0.357. The average molecular weight is 187 g/mol. The maximum absolute atomic E-state index is 10.9. The van der Waals surface area contributed by atoms with Gasteiger partial charge in [0.2, 0.25) is 0 Å². The number of rotatable bonds is 3. The molecule has 74 valence electrons. The molecule has 0 saturated carbocycles. The molecule has 0 aromatic carbocycles. The van der Waals surface area contributed by atoms with Crippen LogP contribution in [0.15, 0.2) is 0 Å². The number of Topliss-reactive ketones (excluding diaryl/α,β-unsaturated/α-hetero) is 1. The van der Waals surface area contributed by atoms with E-state index >= 15 is 0 Å². The lowest BCUT2D eigenvalue weighted by atomic mass is 10.2. The summed E-state index contributed by atoms with van der Waals surface area (Å²) >= 11 is 0. The summed E-state index contributed by atoms with van der Waals surface area (Å²) in [5, 5.41) is 2.20. The Bertz CT molecular complexity index is 224. The van der Waals surface area contributed by atoms with Crippen LogP contribution in [0.1, 0.15) is 20.8 Å². The minimum Gasteiger partial charge on any atom is -0.459 e. The molecular formula is C8H13NO4. The summed E-state index contributed by atoms with van der Waals surface area (Å²) in [7, 11) is 0. The SMILES string of the molecule is CCOC(=O)C(=O)NC(C)C(C)=O. The highest BCUT2D eigenvalue weighted by Gasteiger charge is 2.18. The second kappa shape index (κ2) is 5.29. The van der Waals surface area contributed by atoms with Gasteiger partial charge in [0.25, 0.3) is 0 Å². The zero-order chi connectivity index (χ0) is 10.4. The third-order valence-electron chi connectivity index (χ3n) is 1.42. The monoisotopic (exact) mass is 187 g/mol. The highest BCUT2D eigenvalue weighted by atomic mass is 16.5. The third-order valence-corrected chi connectivity index (χ3v) is 1.42. The van der Waals surface area contributed by atoms with Crippen LogP contribution < -0.4 is 5.32 Å². The molecule has 0 aliphatic heterocycles. The highest BCUT2D eigenvalue weighted by molar-refractivity contribution is 6.32. The fourth-order valence-electron chi connectivity index (χ4n) is 0.554. The van der Waals surface area contributed by atoms with Crippen molar-refractivity contribution in [3.05, 3.63) is 0 Å². The molecule has 1 N–H and O–H groups in total. The fourth-order valence-corrected chi connectivity index (χ4v) is 0.554. The molecule has 0 rings (SSSR count). The number of ether oxygens (including phenoxy) is 1. The second-order valence-electron chi connectivity index (χ2n) is 2.53. The molecule has 0 spiro atoms. The summed E-state index contributed by atoms with van der Waals surface area (Å²) in [6.45, 7) is 4.57. The van der Waals surface area contributed by atoms with Crippen molar-refractivity contribution in [3.8, 4) is 0 Å². The van der Waals surface area contributed by atoms with E-state index in [-0.39, 0.29) is 12.4 Å². The van der Waals surface area contributed by atoms with Gasteiger partial charge in [0, 0.05) is 0 Å². The van der Waals surface area contributed by atoms with Gasteiger partial charge < -0.3 is 10.1 Å². The summed E-state index contributed by atoms with van der Waals surface area (Å²) in [5.74, 6) is -2.06. The Balaban J connectivity index is 4.00. The van der Waals surface area contributed by atoms with Crippen LogP contribution in [0.4, 0.5) is 0 Å². The van der Waals surface area contributed by atoms with E-state index in [1.165, 1.54) is 13.8 Å². The molecule has 0 aliphatic rings. The molecule has 0 bridgehead atoms. The molecule has 0 saturated heterocycles. The van der Waals surface area contributed by atoms with Crippen LogP contribution in [0.25, 0.3) is 0 Å². The lowest BCUT2D eigenvalue weighted by Gasteiger charge is -2.08. The van der Waals surface area contributed by atoms with Crippen LogP contribution in [0.5, 0.6) is 0 Å². The summed E-state index contributed by atoms with van der Waals surface area (Å²) in [6, 6.07) is -0.656. The summed E-state index contributed by atoms with van der Waals surface area (Å²) in [4.78, 5) is 32.4. The van der Waals surface area contributed by atoms with Crippen LogP contribution in [-0.4, -0.2) is 30.3 Å². The Kier molecular flexibility index (Phi) is 4.72. The van der Waals surface area contributed by atoms with Gasteiger partial charge in [0.15, 0.2) is 5.78 Å². The first kappa shape index (κ1) is 11.6. The third kappa shape index (κ3) is 4.25. The van der Waals surface area contributed by atoms with E-state index in [0.29, 0.717) is 0 Å². The lowest BCUT2D eigenvalue weighted by molar-refractivity contribution is -0.155. The van der Waals surface area contributed by atoms with Gasteiger partial charge >= 0.3 is 11.9 Å². The number of hydrogen-bond donors (Lipinski definition) is 1. The molecule has 5 heteroatoms. The van der Waals surface area contributed by atoms with Crippen LogP contribution in [-0.2, 0) is 19.1 Å². The number of nitrogens with one attached hydrogen (secondary N) is 1. The van der Waals surface area contributed by atoms with Crippen LogP contribution in [0.3, 0.4) is 0 Å². The largest absolute Gasteiger partial charge is 0.459 e. The van der Waals surface area contributed by atoms with E-state index < -0.39 is 17.9 Å². The van der Waals surface area contributed by atoms with Crippen molar-refractivity contribution in [1.82, 2.24) is 5.32 Å². The van der Waals surface area contributed by atoms with E-state index in [1.807, 2.05) is 0 Å². The Morgan fingerprint density at radius 1 is 1.38 bits per heavy atom. The normalized spacial score (nSPS) is 11.6. The highest BCUT2D eigenvalue weighted by Crippen LogP contribution is 1.85. The van der Waals surface area contributed by atoms with Crippen molar-refractivity contribution in [3.63, 3.8) is 0 Å². The molecule has 0 fully saturated rings. The zero-order valence-corrected chi connectivity index (χ0v) is 7.92. The van der Waals surface area contributed by atoms with Crippen molar-refractivity contribution in [1.29, 1.82) is 0 Å². The Morgan fingerprint density at radius 2 is 1.92 bits per heavy atom. The van der Waals surface area contributed by atoms with Gasteiger partial charge in [0.1, 0.15) is 0 Å². The van der Waals surface area contributed by atoms with Crippen molar-refractivity contribution in [2.45, 2.75) is 26.8 Å². The number of carbonyl (C=O) groups excluding carboxylic acids is 3. The topological polar surface area (TPSA) is 72.5 Å². The summed E-state index contributed by atoms with van der Waals surface area (Å²) in [6.07, 6.45) is 0. The predicted molar refractivity (Wildman–Crippen MR) is 44.9 cm³/mol. The van der Waals surface area contributed by atoms with Crippen molar-refractivity contribution in [2.75, 3.05) is 6.61 Å². The Morgan fingerprint density at radius 3 is 2.31 bits per heavy atom. The number of carbonyl (C=O) groups is 3. The molecule has 0 radical (unpaired) electrons. The average Bonchev–Trinajstić information content (AvgIpc) is 2.04. The van der Waals surface area contributed by atoms with E-state index in [9.17, 15) is 14.4 Å². The maximum atomic E-state index is 10.9. The molecule has 0 heterocycles. The molecular weight excluding hydrogens is 174 g/mol. The van der Waals surface area contributed by atoms with Gasteiger partial charge in [-0.3, -0.25) is 9.59 Å². The van der Waals surface area contributed by atoms with E-state index in [2.05, 4.69) is 10.1 Å². The van der Waals surface area contributed by atoms with E-state index in [1.54, 1.807) is 6.92 Å². The lowest BCUT2D eigenvalue weighted by Crippen LogP contribution is -2.41.